The van der Waals surface area contributed by atoms with Crippen LogP contribution in [0.5, 0.6) is 5.75 Å². The average molecular weight is 334 g/mol. The van der Waals surface area contributed by atoms with Crippen LogP contribution in [0.15, 0.2) is 35.2 Å². The van der Waals surface area contributed by atoms with E-state index < -0.39 is 0 Å². The van der Waals surface area contributed by atoms with Gasteiger partial charge in [0, 0.05) is 0 Å². The molecule has 0 saturated heterocycles. The number of fused-ring (bicyclic) bond motifs is 1. The normalized spacial score (nSPS) is 10.9. The van der Waals surface area contributed by atoms with E-state index in [1.165, 1.54) is 6.33 Å². The van der Waals surface area contributed by atoms with Crippen LogP contribution in [0, 0.1) is 0 Å². The second kappa shape index (κ2) is 5.09. The number of nitrogens with two attached hydrogens (primary N) is 1. The molecule has 0 unspecified atom stereocenters. The first-order chi connectivity index (χ1) is 9.69. The highest BCUT2D eigenvalue weighted by Gasteiger charge is 2.13. The molecule has 3 rings (SSSR count). The summed E-state index contributed by atoms with van der Waals surface area (Å²) in [5, 5.41) is 5.15. The number of halogens is 1. The van der Waals surface area contributed by atoms with E-state index >= 15 is 0 Å². The fourth-order valence-electron chi connectivity index (χ4n) is 2.00. The van der Waals surface area contributed by atoms with Crippen LogP contribution in [0.3, 0.4) is 0 Å². The molecular formula is C13H12BrN5O. The van der Waals surface area contributed by atoms with Gasteiger partial charge in [0.25, 0.3) is 0 Å². The summed E-state index contributed by atoms with van der Waals surface area (Å²) in [4.78, 5) is 8.23. The van der Waals surface area contributed by atoms with Crippen molar-refractivity contribution in [2.45, 2.75) is 6.54 Å². The summed E-state index contributed by atoms with van der Waals surface area (Å²) >= 11 is 3.39. The first kappa shape index (κ1) is 12.9. The molecule has 3 aromatic rings. The molecule has 0 aliphatic carbocycles. The Morgan fingerprint density at radius 2 is 2.00 bits per heavy atom. The molecule has 0 saturated carbocycles. The molecule has 1 aromatic carbocycles. The second-order valence-electron chi connectivity index (χ2n) is 4.25. The summed E-state index contributed by atoms with van der Waals surface area (Å²) in [7, 11) is 1.65. The molecule has 0 aliphatic rings. The lowest BCUT2D eigenvalue weighted by Gasteiger charge is -2.04. The zero-order valence-electron chi connectivity index (χ0n) is 10.7. The van der Waals surface area contributed by atoms with Crippen molar-refractivity contribution >= 4 is 32.8 Å². The molecule has 0 amide bonds. The van der Waals surface area contributed by atoms with Gasteiger partial charge in [-0.15, -0.1) is 0 Å². The molecule has 2 aromatic heterocycles. The molecule has 20 heavy (non-hydrogen) atoms. The number of methoxy groups -OCH3 is 1. The maximum atomic E-state index is 5.85. The van der Waals surface area contributed by atoms with Gasteiger partial charge in [-0.05, 0) is 33.6 Å². The maximum absolute atomic E-state index is 5.85. The molecule has 0 fully saturated rings. The van der Waals surface area contributed by atoms with Crippen molar-refractivity contribution in [1.82, 2.24) is 19.7 Å². The minimum absolute atomic E-state index is 0.419. The van der Waals surface area contributed by atoms with E-state index in [1.807, 2.05) is 24.3 Å². The number of anilines is 1. The van der Waals surface area contributed by atoms with Crippen LogP contribution >= 0.6 is 15.9 Å². The van der Waals surface area contributed by atoms with Crippen LogP contribution in [-0.2, 0) is 6.54 Å². The molecular weight excluding hydrogens is 322 g/mol. The Hall–Kier alpha value is -2.15. The molecule has 0 aliphatic heterocycles. The predicted molar refractivity (Wildman–Crippen MR) is 79.5 cm³/mol. The van der Waals surface area contributed by atoms with Crippen molar-refractivity contribution in [3.8, 4) is 5.75 Å². The fourth-order valence-corrected chi connectivity index (χ4v) is 2.57. The molecule has 7 heteroatoms. The summed E-state index contributed by atoms with van der Waals surface area (Å²) in [6.07, 6.45) is 1.44. The number of benzene rings is 1. The van der Waals surface area contributed by atoms with Crippen molar-refractivity contribution in [2.24, 2.45) is 0 Å². The van der Waals surface area contributed by atoms with Gasteiger partial charge in [0.1, 0.15) is 22.5 Å². The van der Waals surface area contributed by atoms with Gasteiger partial charge in [-0.2, -0.15) is 5.10 Å². The van der Waals surface area contributed by atoms with Gasteiger partial charge >= 0.3 is 0 Å². The van der Waals surface area contributed by atoms with Crippen molar-refractivity contribution in [2.75, 3.05) is 12.8 Å². The number of rotatable bonds is 3. The lowest BCUT2D eigenvalue weighted by atomic mass is 10.2. The molecule has 2 N–H and O–H groups in total. The molecule has 0 spiro atoms. The van der Waals surface area contributed by atoms with Gasteiger partial charge in [0.2, 0.25) is 0 Å². The number of hydrogen-bond donors (Lipinski definition) is 1. The Morgan fingerprint density at radius 1 is 1.25 bits per heavy atom. The van der Waals surface area contributed by atoms with Crippen LogP contribution in [-0.4, -0.2) is 26.9 Å². The molecule has 0 atom stereocenters. The highest BCUT2D eigenvalue weighted by Crippen LogP contribution is 2.26. The standard InChI is InChI=1S/C13H12BrN5O/c1-20-9-4-2-8(3-5-9)6-19-13-10(11(14)18-19)12(15)16-7-17-13/h2-5,7H,6H2,1H3,(H2,15,16,17). The lowest BCUT2D eigenvalue weighted by Crippen LogP contribution is -2.03. The number of nitrogens with zero attached hydrogens (tertiary/aromatic N) is 4. The molecule has 6 nitrogen and oxygen atoms in total. The third-order valence-corrected chi connectivity index (χ3v) is 3.56. The van der Waals surface area contributed by atoms with Crippen LogP contribution in [0.1, 0.15) is 5.56 Å². The third-order valence-electron chi connectivity index (χ3n) is 3.01. The van der Waals surface area contributed by atoms with E-state index in [-0.39, 0.29) is 0 Å². The second-order valence-corrected chi connectivity index (χ2v) is 5.01. The first-order valence-corrected chi connectivity index (χ1v) is 6.74. The minimum atomic E-state index is 0.419. The van der Waals surface area contributed by atoms with E-state index in [0.29, 0.717) is 22.6 Å². The zero-order chi connectivity index (χ0) is 14.1. The zero-order valence-corrected chi connectivity index (χ0v) is 12.3. The summed E-state index contributed by atoms with van der Waals surface area (Å²) in [6.45, 7) is 0.600. The number of hydrogen-bond acceptors (Lipinski definition) is 5. The molecule has 102 valence electrons. The molecule has 0 radical (unpaired) electrons. The summed E-state index contributed by atoms with van der Waals surface area (Å²) in [5.74, 6) is 1.25. The highest BCUT2D eigenvalue weighted by atomic mass is 79.9. The largest absolute Gasteiger partial charge is 0.497 e. The van der Waals surface area contributed by atoms with Crippen molar-refractivity contribution in [1.29, 1.82) is 0 Å². The summed E-state index contributed by atoms with van der Waals surface area (Å²) < 4.78 is 7.59. The Bertz CT molecular complexity index is 753. The molecule has 0 bridgehead atoms. The summed E-state index contributed by atoms with van der Waals surface area (Å²) in [5.41, 5.74) is 7.66. The van der Waals surface area contributed by atoms with Gasteiger partial charge in [-0.1, -0.05) is 12.1 Å². The topological polar surface area (TPSA) is 78.9 Å². The quantitative estimate of drug-likeness (QED) is 0.795. The number of ether oxygens (including phenoxy) is 1. The van der Waals surface area contributed by atoms with E-state index in [0.717, 1.165) is 16.7 Å². The van der Waals surface area contributed by atoms with Gasteiger partial charge in [0.15, 0.2) is 5.65 Å². The Balaban J connectivity index is 2.00. The van der Waals surface area contributed by atoms with Crippen LogP contribution in [0.25, 0.3) is 11.0 Å². The third kappa shape index (κ3) is 2.20. The van der Waals surface area contributed by atoms with E-state index in [1.54, 1.807) is 11.8 Å². The number of aromatic nitrogens is 4. The lowest BCUT2D eigenvalue weighted by molar-refractivity contribution is 0.414. The fraction of sp³-hybridized carbons (Fsp3) is 0.154. The van der Waals surface area contributed by atoms with Crippen molar-refractivity contribution in [3.63, 3.8) is 0 Å². The highest BCUT2D eigenvalue weighted by molar-refractivity contribution is 9.10. The smallest absolute Gasteiger partial charge is 0.164 e. The van der Waals surface area contributed by atoms with Crippen LogP contribution < -0.4 is 10.5 Å². The number of nitrogen functional groups attached to an aromatic ring is 1. The minimum Gasteiger partial charge on any atom is -0.497 e. The predicted octanol–water partition coefficient (Wildman–Crippen LogP) is 2.23. The molecule has 2 heterocycles. The van der Waals surface area contributed by atoms with E-state index in [4.69, 9.17) is 10.5 Å². The maximum Gasteiger partial charge on any atom is 0.164 e. The van der Waals surface area contributed by atoms with Crippen LogP contribution in [0.2, 0.25) is 0 Å². The average Bonchev–Trinajstić information content (AvgIpc) is 2.77. The SMILES string of the molecule is COc1ccc(Cn2nc(Br)c3c(N)ncnc32)cc1. The van der Waals surface area contributed by atoms with E-state index in [9.17, 15) is 0 Å². The summed E-state index contributed by atoms with van der Waals surface area (Å²) in [6, 6.07) is 7.81. The van der Waals surface area contributed by atoms with Gasteiger partial charge in [-0.25, -0.2) is 14.6 Å². The van der Waals surface area contributed by atoms with Gasteiger partial charge in [-0.3, -0.25) is 0 Å². The van der Waals surface area contributed by atoms with Crippen LogP contribution in [0.4, 0.5) is 5.82 Å². The van der Waals surface area contributed by atoms with E-state index in [2.05, 4.69) is 31.0 Å². The Labute approximate surface area is 123 Å². The van der Waals surface area contributed by atoms with Crippen molar-refractivity contribution in [3.05, 3.63) is 40.8 Å². The Morgan fingerprint density at radius 3 is 2.70 bits per heavy atom. The van der Waals surface area contributed by atoms with Crippen molar-refractivity contribution < 1.29 is 4.74 Å². The Kier molecular flexibility index (Phi) is 3.27. The van der Waals surface area contributed by atoms with Gasteiger partial charge < -0.3 is 10.5 Å². The monoisotopic (exact) mass is 333 g/mol. The first-order valence-electron chi connectivity index (χ1n) is 5.94. The van der Waals surface area contributed by atoms with Gasteiger partial charge in [0.05, 0.1) is 19.0 Å².